The maximum atomic E-state index is 13.2. The second kappa shape index (κ2) is 9.89. The summed E-state index contributed by atoms with van der Waals surface area (Å²) in [6.07, 6.45) is 2.06. The van der Waals surface area contributed by atoms with E-state index in [1.807, 2.05) is 13.1 Å². The Labute approximate surface area is 115 Å². The van der Waals surface area contributed by atoms with Crippen molar-refractivity contribution in [3.05, 3.63) is 35.6 Å². The van der Waals surface area contributed by atoms with Crippen molar-refractivity contribution in [1.82, 2.24) is 5.32 Å². The van der Waals surface area contributed by atoms with Gasteiger partial charge in [-0.1, -0.05) is 25.5 Å². The molecule has 1 aromatic carbocycles. The van der Waals surface area contributed by atoms with Crippen molar-refractivity contribution in [2.45, 2.75) is 25.9 Å². The summed E-state index contributed by atoms with van der Waals surface area (Å²) in [6, 6.07) is 6.53. The van der Waals surface area contributed by atoms with Crippen LogP contribution in [0.4, 0.5) is 4.39 Å². The normalized spacial score (nSPS) is 12.6. The molecule has 0 spiro atoms. The predicted octanol–water partition coefficient (Wildman–Crippen LogP) is 2.92. The largest absolute Gasteiger partial charge is 0.379 e. The molecule has 1 aromatic rings. The van der Waals surface area contributed by atoms with Gasteiger partial charge in [-0.3, -0.25) is 0 Å². The minimum atomic E-state index is -0.235. The second-order valence-electron chi connectivity index (χ2n) is 4.44. The molecule has 0 aromatic heterocycles. The van der Waals surface area contributed by atoms with Gasteiger partial charge in [0.2, 0.25) is 0 Å². The molecule has 19 heavy (non-hydrogen) atoms. The summed E-state index contributed by atoms with van der Waals surface area (Å²) in [6.45, 7) is 4.66. The standard InChI is InChI=1S/C15H24FNO2/c1-3-4-8-18-9-10-19-15(12-17-2)13-6-5-7-14(16)11-13/h5-7,11,15,17H,3-4,8-10,12H2,1-2H3. The first kappa shape index (κ1) is 16.1. The van der Waals surface area contributed by atoms with Crippen LogP contribution in [0.15, 0.2) is 24.3 Å². The van der Waals surface area contributed by atoms with Crippen LogP contribution in [0.5, 0.6) is 0 Å². The molecule has 0 saturated heterocycles. The van der Waals surface area contributed by atoms with Gasteiger partial charge in [-0.2, -0.15) is 0 Å². The molecule has 0 aliphatic rings. The molecule has 0 amide bonds. The van der Waals surface area contributed by atoms with Gasteiger partial charge in [0.1, 0.15) is 5.82 Å². The van der Waals surface area contributed by atoms with Gasteiger partial charge < -0.3 is 14.8 Å². The molecule has 4 heteroatoms. The summed E-state index contributed by atoms with van der Waals surface area (Å²) in [5.74, 6) is -0.235. The average Bonchev–Trinajstić information content (AvgIpc) is 2.41. The number of ether oxygens (including phenoxy) is 2. The quantitative estimate of drug-likeness (QED) is 0.662. The van der Waals surface area contributed by atoms with Crippen molar-refractivity contribution in [2.75, 3.05) is 33.4 Å². The molecular formula is C15H24FNO2. The van der Waals surface area contributed by atoms with Gasteiger partial charge in [0, 0.05) is 13.2 Å². The van der Waals surface area contributed by atoms with Crippen LogP contribution in [-0.2, 0) is 9.47 Å². The molecule has 0 saturated carbocycles. The van der Waals surface area contributed by atoms with E-state index in [1.165, 1.54) is 12.1 Å². The van der Waals surface area contributed by atoms with E-state index < -0.39 is 0 Å². The van der Waals surface area contributed by atoms with Gasteiger partial charge >= 0.3 is 0 Å². The fourth-order valence-corrected chi connectivity index (χ4v) is 1.76. The highest BCUT2D eigenvalue weighted by Gasteiger charge is 2.11. The highest BCUT2D eigenvalue weighted by atomic mass is 19.1. The Kier molecular flexibility index (Phi) is 8.38. The van der Waals surface area contributed by atoms with Gasteiger partial charge in [-0.15, -0.1) is 0 Å². The number of hydrogen-bond acceptors (Lipinski definition) is 3. The van der Waals surface area contributed by atoms with Crippen molar-refractivity contribution < 1.29 is 13.9 Å². The summed E-state index contributed by atoms with van der Waals surface area (Å²) < 4.78 is 24.4. The Bertz CT molecular complexity index is 347. The van der Waals surface area contributed by atoms with Gasteiger partial charge in [0.15, 0.2) is 0 Å². The van der Waals surface area contributed by atoms with Crippen LogP contribution in [0.3, 0.4) is 0 Å². The zero-order valence-corrected chi connectivity index (χ0v) is 11.8. The Morgan fingerprint density at radius 1 is 1.26 bits per heavy atom. The SMILES string of the molecule is CCCCOCCOC(CNC)c1cccc(F)c1. The van der Waals surface area contributed by atoms with Gasteiger partial charge in [-0.05, 0) is 31.2 Å². The molecule has 1 rings (SSSR count). The summed E-state index contributed by atoms with van der Waals surface area (Å²) in [5.41, 5.74) is 0.850. The Hall–Kier alpha value is -0.970. The van der Waals surface area contributed by atoms with Crippen LogP contribution < -0.4 is 5.32 Å². The van der Waals surface area contributed by atoms with Crippen LogP contribution in [0, 0.1) is 5.82 Å². The van der Waals surface area contributed by atoms with Crippen LogP contribution >= 0.6 is 0 Å². The second-order valence-corrected chi connectivity index (χ2v) is 4.44. The highest BCUT2D eigenvalue weighted by Crippen LogP contribution is 2.17. The summed E-state index contributed by atoms with van der Waals surface area (Å²) in [7, 11) is 1.85. The van der Waals surface area contributed by atoms with E-state index in [-0.39, 0.29) is 11.9 Å². The monoisotopic (exact) mass is 269 g/mol. The fraction of sp³-hybridized carbons (Fsp3) is 0.600. The lowest BCUT2D eigenvalue weighted by Gasteiger charge is -2.18. The molecule has 3 nitrogen and oxygen atoms in total. The predicted molar refractivity (Wildman–Crippen MR) is 74.7 cm³/mol. The van der Waals surface area contributed by atoms with Crippen molar-refractivity contribution >= 4 is 0 Å². The molecule has 0 radical (unpaired) electrons. The van der Waals surface area contributed by atoms with Crippen molar-refractivity contribution in [1.29, 1.82) is 0 Å². The number of halogens is 1. The zero-order chi connectivity index (χ0) is 13.9. The molecule has 0 fully saturated rings. The minimum absolute atomic E-state index is 0.143. The van der Waals surface area contributed by atoms with Crippen LogP contribution in [0.1, 0.15) is 31.4 Å². The van der Waals surface area contributed by atoms with Crippen LogP contribution in [0.2, 0.25) is 0 Å². The lowest BCUT2D eigenvalue weighted by atomic mass is 10.1. The van der Waals surface area contributed by atoms with Crippen molar-refractivity contribution in [3.63, 3.8) is 0 Å². The lowest BCUT2D eigenvalue weighted by Crippen LogP contribution is -2.21. The first-order valence-corrected chi connectivity index (χ1v) is 6.87. The van der Waals surface area contributed by atoms with E-state index in [4.69, 9.17) is 9.47 Å². The third-order valence-electron chi connectivity index (χ3n) is 2.80. The molecule has 0 aliphatic carbocycles. The summed E-state index contributed by atoms with van der Waals surface area (Å²) in [4.78, 5) is 0. The first-order chi connectivity index (χ1) is 9.27. The number of unbranched alkanes of at least 4 members (excludes halogenated alkanes) is 1. The lowest BCUT2D eigenvalue weighted by molar-refractivity contribution is 0.00419. The summed E-state index contributed by atoms with van der Waals surface area (Å²) in [5, 5.41) is 3.06. The zero-order valence-electron chi connectivity index (χ0n) is 11.8. The Morgan fingerprint density at radius 2 is 2.11 bits per heavy atom. The number of hydrogen-bond donors (Lipinski definition) is 1. The number of benzene rings is 1. The fourth-order valence-electron chi connectivity index (χ4n) is 1.76. The molecule has 1 unspecified atom stereocenters. The molecule has 0 bridgehead atoms. The van der Waals surface area contributed by atoms with E-state index in [0.717, 1.165) is 25.0 Å². The van der Waals surface area contributed by atoms with Crippen molar-refractivity contribution in [2.24, 2.45) is 0 Å². The molecule has 108 valence electrons. The number of rotatable bonds is 10. The third kappa shape index (κ3) is 6.66. The molecule has 1 atom stereocenters. The molecule has 1 N–H and O–H groups in total. The third-order valence-corrected chi connectivity index (χ3v) is 2.80. The molecular weight excluding hydrogens is 245 g/mol. The molecule has 0 aliphatic heterocycles. The highest BCUT2D eigenvalue weighted by molar-refractivity contribution is 5.19. The topological polar surface area (TPSA) is 30.5 Å². The molecule has 0 heterocycles. The summed E-state index contributed by atoms with van der Waals surface area (Å²) >= 11 is 0. The minimum Gasteiger partial charge on any atom is -0.379 e. The van der Waals surface area contributed by atoms with Crippen molar-refractivity contribution in [3.8, 4) is 0 Å². The van der Waals surface area contributed by atoms with E-state index >= 15 is 0 Å². The van der Waals surface area contributed by atoms with E-state index in [0.29, 0.717) is 19.8 Å². The Balaban J connectivity index is 2.36. The van der Waals surface area contributed by atoms with E-state index in [9.17, 15) is 4.39 Å². The van der Waals surface area contributed by atoms with Crippen LogP contribution in [0.25, 0.3) is 0 Å². The van der Waals surface area contributed by atoms with Crippen LogP contribution in [-0.4, -0.2) is 33.4 Å². The maximum Gasteiger partial charge on any atom is 0.123 e. The maximum absolute atomic E-state index is 13.2. The average molecular weight is 269 g/mol. The van der Waals surface area contributed by atoms with Gasteiger partial charge in [0.25, 0.3) is 0 Å². The number of likely N-dealkylation sites (N-methyl/N-ethyl adjacent to an activating group) is 1. The number of nitrogens with one attached hydrogen (secondary N) is 1. The smallest absolute Gasteiger partial charge is 0.123 e. The van der Waals surface area contributed by atoms with E-state index in [2.05, 4.69) is 12.2 Å². The van der Waals surface area contributed by atoms with Gasteiger partial charge in [0.05, 0.1) is 19.3 Å². The van der Waals surface area contributed by atoms with E-state index in [1.54, 1.807) is 6.07 Å². The first-order valence-electron chi connectivity index (χ1n) is 6.87. The van der Waals surface area contributed by atoms with Gasteiger partial charge in [-0.25, -0.2) is 4.39 Å². The Morgan fingerprint density at radius 3 is 2.79 bits per heavy atom.